The van der Waals surface area contributed by atoms with Crippen LogP contribution in [0.2, 0.25) is 0 Å². The number of hydrogen-bond donors (Lipinski definition) is 0. The maximum absolute atomic E-state index is 10.6. The maximum Gasteiger partial charge on any atom is 0.252 e. The summed E-state index contributed by atoms with van der Waals surface area (Å²) in [7, 11) is 1.92. The molecule has 0 heterocycles. The van der Waals surface area contributed by atoms with Gasteiger partial charge < -0.3 is 0 Å². The van der Waals surface area contributed by atoms with Gasteiger partial charge in [-0.1, -0.05) is 29.7 Å². The van der Waals surface area contributed by atoms with Crippen LogP contribution in [0.5, 0.6) is 0 Å². The lowest BCUT2D eigenvalue weighted by atomic mass is 9.95. The van der Waals surface area contributed by atoms with Gasteiger partial charge in [-0.05, 0) is 11.6 Å². The minimum atomic E-state index is -0.399. The molecule has 50 valence electrons. The van der Waals surface area contributed by atoms with Crippen LogP contribution in [0.15, 0.2) is 24.3 Å². The smallest absolute Gasteiger partial charge is 0.252 e. The van der Waals surface area contributed by atoms with Gasteiger partial charge in [0, 0.05) is 5.56 Å². The van der Waals surface area contributed by atoms with E-state index in [1.165, 1.54) is 0 Å². The van der Waals surface area contributed by atoms with Crippen molar-refractivity contribution in [2.24, 2.45) is 0 Å². The summed E-state index contributed by atoms with van der Waals surface area (Å²) >= 11 is 5.24. The second-order valence-electron chi connectivity index (χ2n) is 2.14. The fourth-order valence-electron chi connectivity index (χ4n) is 0.767. The van der Waals surface area contributed by atoms with Crippen molar-refractivity contribution in [3.8, 4) is 0 Å². The Morgan fingerprint density at radius 1 is 1.50 bits per heavy atom. The summed E-state index contributed by atoms with van der Waals surface area (Å²) in [5, 5.41) is -0.399. The highest BCUT2D eigenvalue weighted by Crippen LogP contribution is 1.99. The minimum Gasteiger partial charge on any atom is -0.276 e. The van der Waals surface area contributed by atoms with Gasteiger partial charge in [-0.2, -0.15) is 0 Å². The van der Waals surface area contributed by atoms with E-state index in [9.17, 15) is 4.79 Å². The molecule has 0 atom stereocenters. The van der Waals surface area contributed by atoms with Crippen molar-refractivity contribution in [3.63, 3.8) is 0 Å². The molecule has 3 heteroatoms. The van der Waals surface area contributed by atoms with Crippen LogP contribution in [0.25, 0.3) is 0 Å². The predicted octanol–water partition coefficient (Wildman–Crippen LogP) is 0.324. The zero-order chi connectivity index (χ0) is 7.56. The van der Waals surface area contributed by atoms with Crippen LogP contribution in [0.1, 0.15) is 10.4 Å². The Bertz CT molecular complexity index is 260. The van der Waals surface area contributed by atoms with Crippen molar-refractivity contribution in [2.75, 3.05) is 0 Å². The third-order valence-corrected chi connectivity index (χ3v) is 1.46. The van der Waals surface area contributed by atoms with Crippen molar-refractivity contribution in [1.82, 2.24) is 0 Å². The van der Waals surface area contributed by atoms with Gasteiger partial charge in [-0.15, -0.1) is 0 Å². The molecular weight excluding hydrogens is 146 g/mol. The zero-order valence-electron chi connectivity index (χ0n) is 5.60. The number of hydrogen-bond acceptors (Lipinski definition) is 1. The Morgan fingerprint density at radius 2 is 2.20 bits per heavy atom. The van der Waals surface area contributed by atoms with Crippen molar-refractivity contribution in [2.45, 2.75) is 0 Å². The summed E-state index contributed by atoms with van der Waals surface area (Å²) in [6.07, 6.45) is 0. The highest BCUT2D eigenvalue weighted by molar-refractivity contribution is 6.67. The van der Waals surface area contributed by atoms with Crippen LogP contribution >= 0.6 is 11.6 Å². The number of halogens is 1. The second-order valence-corrected chi connectivity index (χ2v) is 2.49. The van der Waals surface area contributed by atoms with Crippen LogP contribution in [0.4, 0.5) is 0 Å². The van der Waals surface area contributed by atoms with Crippen LogP contribution in [-0.4, -0.2) is 13.1 Å². The molecule has 0 aliphatic carbocycles. The minimum absolute atomic E-state index is 0.399. The van der Waals surface area contributed by atoms with E-state index in [0.29, 0.717) is 5.56 Å². The van der Waals surface area contributed by atoms with E-state index in [1.54, 1.807) is 12.1 Å². The molecule has 0 aliphatic heterocycles. The van der Waals surface area contributed by atoms with Crippen molar-refractivity contribution in [3.05, 3.63) is 29.8 Å². The van der Waals surface area contributed by atoms with Crippen molar-refractivity contribution < 1.29 is 4.79 Å². The van der Waals surface area contributed by atoms with Gasteiger partial charge in [-0.25, -0.2) is 0 Å². The fraction of sp³-hybridized carbons (Fsp3) is 0. The maximum atomic E-state index is 10.6. The van der Waals surface area contributed by atoms with Gasteiger partial charge >= 0.3 is 0 Å². The molecule has 1 aromatic carbocycles. The standard InChI is InChI=1S/C7H6BClO/c8-6-3-1-2-5(4-6)7(9)10/h1-4H,8H2. The average Bonchev–Trinajstić information content (AvgIpc) is 1.88. The van der Waals surface area contributed by atoms with Gasteiger partial charge in [0.25, 0.3) is 5.24 Å². The van der Waals surface area contributed by atoms with Crippen molar-refractivity contribution >= 4 is 30.2 Å². The molecule has 0 saturated carbocycles. The van der Waals surface area contributed by atoms with Gasteiger partial charge in [0.05, 0.1) is 0 Å². The molecule has 0 radical (unpaired) electrons. The first-order chi connectivity index (χ1) is 4.70. The molecule has 0 amide bonds. The summed E-state index contributed by atoms with van der Waals surface area (Å²) in [6, 6.07) is 7.19. The van der Waals surface area contributed by atoms with Crippen molar-refractivity contribution in [1.29, 1.82) is 0 Å². The number of rotatable bonds is 1. The molecule has 0 spiro atoms. The Hall–Kier alpha value is -0.755. The average molecular weight is 152 g/mol. The summed E-state index contributed by atoms with van der Waals surface area (Å²) in [4.78, 5) is 10.6. The van der Waals surface area contributed by atoms with E-state index in [1.807, 2.05) is 20.0 Å². The summed E-state index contributed by atoms with van der Waals surface area (Å²) in [5.74, 6) is 0. The Balaban J connectivity index is 3.07. The van der Waals surface area contributed by atoms with Gasteiger partial charge in [0.15, 0.2) is 0 Å². The van der Waals surface area contributed by atoms with Gasteiger partial charge in [0.2, 0.25) is 0 Å². The molecule has 1 nitrogen and oxygen atoms in total. The quantitative estimate of drug-likeness (QED) is 0.418. The monoisotopic (exact) mass is 152 g/mol. The van der Waals surface area contributed by atoms with Crippen LogP contribution in [0, 0.1) is 0 Å². The Morgan fingerprint density at radius 3 is 2.60 bits per heavy atom. The Labute approximate surface area is 65.4 Å². The highest BCUT2D eigenvalue weighted by atomic mass is 35.5. The van der Waals surface area contributed by atoms with E-state index in [0.717, 1.165) is 5.46 Å². The first-order valence-corrected chi connectivity index (χ1v) is 3.34. The first kappa shape index (κ1) is 7.35. The fourth-order valence-corrected chi connectivity index (χ4v) is 0.885. The largest absolute Gasteiger partial charge is 0.276 e. The Kier molecular flexibility index (Phi) is 2.12. The summed E-state index contributed by atoms with van der Waals surface area (Å²) < 4.78 is 0. The van der Waals surface area contributed by atoms with Gasteiger partial charge in [-0.3, -0.25) is 4.79 Å². The molecule has 0 unspecified atom stereocenters. The molecule has 1 aromatic rings. The normalized spacial score (nSPS) is 9.30. The number of carbonyl (C=O) groups is 1. The molecule has 0 saturated heterocycles. The molecule has 1 rings (SSSR count). The number of carbonyl (C=O) groups excluding carboxylic acids is 1. The molecule has 10 heavy (non-hydrogen) atoms. The van der Waals surface area contributed by atoms with E-state index in [-0.39, 0.29) is 0 Å². The van der Waals surface area contributed by atoms with E-state index < -0.39 is 5.24 Å². The third-order valence-electron chi connectivity index (χ3n) is 1.25. The van der Waals surface area contributed by atoms with E-state index in [4.69, 9.17) is 11.6 Å². The van der Waals surface area contributed by atoms with E-state index in [2.05, 4.69) is 0 Å². The van der Waals surface area contributed by atoms with Crippen LogP contribution in [-0.2, 0) is 0 Å². The molecule has 0 N–H and O–H groups in total. The molecule has 0 bridgehead atoms. The topological polar surface area (TPSA) is 17.1 Å². The highest BCUT2D eigenvalue weighted by Gasteiger charge is 1.98. The molecule has 0 aromatic heterocycles. The summed E-state index contributed by atoms with van der Waals surface area (Å²) in [6.45, 7) is 0. The number of benzene rings is 1. The zero-order valence-corrected chi connectivity index (χ0v) is 6.35. The lowest BCUT2D eigenvalue weighted by Gasteiger charge is -1.93. The first-order valence-electron chi connectivity index (χ1n) is 2.96. The second kappa shape index (κ2) is 2.89. The molecule has 0 fully saturated rings. The van der Waals surface area contributed by atoms with Crippen LogP contribution in [0.3, 0.4) is 0 Å². The van der Waals surface area contributed by atoms with Crippen LogP contribution < -0.4 is 5.46 Å². The summed E-state index contributed by atoms with van der Waals surface area (Å²) in [5.41, 5.74) is 1.60. The SMILES string of the molecule is Bc1cccc(C(=O)Cl)c1. The predicted molar refractivity (Wildman–Crippen MR) is 44.8 cm³/mol. The molecular formula is C7H6BClO. The van der Waals surface area contributed by atoms with E-state index >= 15 is 0 Å². The molecule has 0 aliphatic rings. The lowest BCUT2D eigenvalue weighted by molar-refractivity contribution is 0.108. The van der Waals surface area contributed by atoms with Gasteiger partial charge in [0.1, 0.15) is 7.85 Å². The lowest BCUT2D eigenvalue weighted by Crippen LogP contribution is -2.03. The third kappa shape index (κ3) is 1.61.